The number of carbonyl (C=O) groups excluding carboxylic acids is 5. The Morgan fingerprint density at radius 2 is 1.71 bits per heavy atom. The van der Waals surface area contributed by atoms with Crippen molar-refractivity contribution in [3.05, 3.63) is 29.8 Å². The van der Waals surface area contributed by atoms with Crippen LogP contribution in [0.15, 0.2) is 24.3 Å². The van der Waals surface area contributed by atoms with Crippen LogP contribution in [-0.4, -0.2) is 115 Å². The second-order valence-corrected chi connectivity index (χ2v) is 11.8. The van der Waals surface area contributed by atoms with Crippen LogP contribution in [0.25, 0.3) is 0 Å². The second-order valence-electron chi connectivity index (χ2n) is 11.8. The van der Waals surface area contributed by atoms with E-state index in [1.165, 1.54) is 6.92 Å². The minimum Gasteiger partial charge on any atom is -0.369 e. The highest BCUT2D eigenvalue weighted by Crippen LogP contribution is 2.33. The minimum absolute atomic E-state index is 0.00199. The van der Waals surface area contributed by atoms with Crippen LogP contribution in [0.5, 0.6) is 0 Å². The summed E-state index contributed by atoms with van der Waals surface area (Å²) in [5.41, 5.74) is 1.72. The predicted octanol–water partition coefficient (Wildman–Crippen LogP) is 0.634. The van der Waals surface area contributed by atoms with Gasteiger partial charge in [0.1, 0.15) is 12.1 Å². The number of hydrogen-bond donors (Lipinski definition) is 2. The zero-order valence-corrected chi connectivity index (χ0v) is 24.1. The van der Waals surface area contributed by atoms with Gasteiger partial charge in [-0.05, 0) is 55.9 Å². The number of piperazine rings is 1. The van der Waals surface area contributed by atoms with Crippen LogP contribution >= 0.6 is 0 Å². The highest BCUT2D eigenvalue weighted by molar-refractivity contribution is 5.99. The summed E-state index contributed by atoms with van der Waals surface area (Å²) in [4.78, 5) is 71.3. The molecular weight excluding hydrogens is 524 g/mol. The number of likely N-dealkylation sites (tertiary alicyclic amines) is 3. The van der Waals surface area contributed by atoms with Crippen LogP contribution in [0.4, 0.5) is 5.69 Å². The van der Waals surface area contributed by atoms with Gasteiger partial charge in [-0.1, -0.05) is 6.92 Å². The van der Waals surface area contributed by atoms with E-state index < -0.39 is 12.1 Å². The fraction of sp³-hybridized carbons (Fsp3) is 0.633. The van der Waals surface area contributed by atoms with Crippen molar-refractivity contribution in [1.29, 1.82) is 0 Å². The Labute approximate surface area is 241 Å². The van der Waals surface area contributed by atoms with Gasteiger partial charge >= 0.3 is 0 Å². The molecule has 0 bridgehead atoms. The SMILES string of the molecule is CC(=O)N1CCCC1C(=O)N1CC(=O)C2C1CCN2C(=O)CC(C)CCNC(=O)c1ccc(N2CCNCC2)cc1. The van der Waals surface area contributed by atoms with Crippen molar-refractivity contribution in [3.8, 4) is 0 Å². The fourth-order valence-electron chi connectivity index (χ4n) is 6.78. The molecule has 0 aromatic heterocycles. The molecular formula is C30H42N6O5. The number of rotatable bonds is 8. The lowest BCUT2D eigenvalue weighted by Gasteiger charge is -2.30. The van der Waals surface area contributed by atoms with Gasteiger partial charge in [0.15, 0.2) is 5.78 Å². The summed E-state index contributed by atoms with van der Waals surface area (Å²) in [6.07, 6.45) is 2.87. The topological polar surface area (TPSA) is 122 Å². The highest BCUT2D eigenvalue weighted by Gasteiger charge is 2.53. The lowest BCUT2D eigenvalue weighted by atomic mass is 10.0. The number of benzene rings is 1. The molecule has 4 saturated heterocycles. The maximum absolute atomic E-state index is 13.3. The first-order valence-corrected chi connectivity index (χ1v) is 15.0. The van der Waals surface area contributed by atoms with E-state index in [4.69, 9.17) is 0 Å². The standard InChI is InChI=1S/C30H42N6O5/c1-20(9-11-32-29(40)22-5-7-23(8-6-22)33-16-12-31-13-17-33)18-27(39)35-15-10-24-28(35)26(38)19-36(24)30(41)25-4-3-14-34(25)21(2)37/h5-8,20,24-25,28,31H,3-4,9-19H2,1-2H3,(H,32,40). The van der Waals surface area contributed by atoms with Crippen molar-refractivity contribution in [2.75, 3.05) is 57.3 Å². The summed E-state index contributed by atoms with van der Waals surface area (Å²) in [6, 6.07) is 6.23. The van der Waals surface area contributed by atoms with Crippen molar-refractivity contribution in [3.63, 3.8) is 0 Å². The first kappa shape index (κ1) is 29.0. The van der Waals surface area contributed by atoms with Gasteiger partial charge in [0.05, 0.1) is 12.6 Å². The Kier molecular flexibility index (Phi) is 8.91. The molecule has 2 N–H and O–H groups in total. The molecule has 1 aromatic carbocycles. The Bertz CT molecular complexity index is 1170. The normalized spacial score (nSPS) is 24.9. The molecule has 4 aliphatic rings. The van der Waals surface area contributed by atoms with E-state index in [0.29, 0.717) is 44.5 Å². The van der Waals surface area contributed by atoms with Crippen molar-refractivity contribution >= 4 is 35.1 Å². The lowest BCUT2D eigenvalue weighted by Crippen LogP contribution is -2.50. The molecule has 222 valence electrons. The van der Waals surface area contributed by atoms with Gasteiger partial charge in [-0.2, -0.15) is 0 Å². The molecule has 0 radical (unpaired) electrons. The average Bonchev–Trinajstić information content (AvgIpc) is 3.70. The molecule has 1 aromatic rings. The molecule has 0 spiro atoms. The number of nitrogens with one attached hydrogen (secondary N) is 2. The zero-order chi connectivity index (χ0) is 29.1. The number of nitrogens with zero attached hydrogens (tertiary/aromatic N) is 4. The Hall–Kier alpha value is -3.47. The molecule has 4 fully saturated rings. The van der Waals surface area contributed by atoms with Crippen molar-refractivity contribution in [1.82, 2.24) is 25.3 Å². The van der Waals surface area contributed by atoms with E-state index in [0.717, 1.165) is 38.3 Å². The minimum atomic E-state index is -0.602. The molecule has 5 rings (SSSR count). The van der Waals surface area contributed by atoms with Gasteiger partial charge in [-0.3, -0.25) is 24.0 Å². The Morgan fingerprint density at radius 1 is 0.976 bits per heavy atom. The van der Waals surface area contributed by atoms with Crippen LogP contribution in [0, 0.1) is 5.92 Å². The summed E-state index contributed by atoms with van der Waals surface area (Å²) in [7, 11) is 0. The Morgan fingerprint density at radius 3 is 2.41 bits per heavy atom. The smallest absolute Gasteiger partial charge is 0.251 e. The third kappa shape index (κ3) is 6.24. The average molecular weight is 567 g/mol. The number of amides is 4. The molecule has 11 nitrogen and oxygen atoms in total. The van der Waals surface area contributed by atoms with E-state index in [1.807, 2.05) is 31.2 Å². The summed E-state index contributed by atoms with van der Waals surface area (Å²) in [5.74, 6) is -0.605. The van der Waals surface area contributed by atoms with E-state index in [9.17, 15) is 24.0 Å². The molecule has 4 heterocycles. The van der Waals surface area contributed by atoms with E-state index in [2.05, 4.69) is 15.5 Å². The van der Waals surface area contributed by atoms with Gasteiger partial charge in [0.2, 0.25) is 17.7 Å². The molecule has 0 saturated carbocycles. The summed E-state index contributed by atoms with van der Waals surface area (Å²) >= 11 is 0. The first-order valence-electron chi connectivity index (χ1n) is 15.0. The third-order valence-electron chi connectivity index (χ3n) is 9.03. The number of anilines is 1. The molecule has 4 unspecified atom stereocenters. The number of carbonyl (C=O) groups is 5. The first-order chi connectivity index (χ1) is 19.7. The monoisotopic (exact) mass is 566 g/mol. The Balaban J connectivity index is 1.08. The van der Waals surface area contributed by atoms with Crippen LogP contribution in [0.2, 0.25) is 0 Å². The van der Waals surface area contributed by atoms with E-state index in [1.54, 1.807) is 14.7 Å². The van der Waals surface area contributed by atoms with Crippen LogP contribution in [0.1, 0.15) is 56.3 Å². The number of fused-ring (bicyclic) bond motifs is 1. The zero-order valence-electron chi connectivity index (χ0n) is 24.1. The number of hydrogen-bond acceptors (Lipinski definition) is 7. The maximum atomic E-state index is 13.3. The summed E-state index contributed by atoms with van der Waals surface area (Å²) in [5, 5.41) is 6.29. The van der Waals surface area contributed by atoms with Crippen molar-refractivity contribution in [2.45, 2.75) is 64.1 Å². The molecule has 4 atom stereocenters. The fourth-order valence-corrected chi connectivity index (χ4v) is 6.78. The third-order valence-corrected chi connectivity index (χ3v) is 9.03. The van der Waals surface area contributed by atoms with Gasteiger partial charge in [-0.25, -0.2) is 0 Å². The molecule has 11 heteroatoms. The number of Topliss-reactive ketones (excluding diaryl/α,β-unsaturated/α-hetero) is 1. The second kappa shape index (κ2) is 12.6. The predicted molar refractivity (Wildman–Crippen MR) is 153 cm³/mol. The van der Waals surface area contributed by atoms with Crippen molar-refractivity contribution in [2.24, 2.45) is 5.92 Å². The molecule has 4 amide bonds. The maximum Gasteiger partial charge on any atom is 0.251 e. The van der Waals surface area contributed by atoms with Gasteiger partial charge in [0, 0.05) is 70.4 Å². The van der Waals surface area contributed by atoms with Crippen LogP contribution < -0.4 is 15.5 Å². The summed E-state index contributed by atoms with van der Waals surface area (Å²) in [6.45, 7) is 8.71. The van der Waals surface area contributed by atoms with Gasteiger partial charge < -0.3 is 30.2 Å². The van der Waals surface area contributed by atoms with Crippen molar-refractivity contribution < 1.29 is 24.0 Å². The van der Waals surface area contributed by atoms with Crippen LogP contribution in [0.3, 0.4) is 0 Å². The highest BCUT2D eigenvalue weighted by atomic mass is 16.2. The molecule has 4 aliphatic heterocycles. The van der Waals surface area contributed by atoms with Gasteiger partial charge in [0.25, 0.3) is 5.91 Å². The van der Waals surface area contributed by atoms with Crippen LogP contribution in [-0.2, 0) is 19.2 Å². The molecule has 0 aliphatic carbocycles. The van der Waals surface area contributed by atoms with E-state index in [-0.39, 0.29) is 54.3 Å². The van der Waals surface area contributed by atoms with E-state index >= 15 is 0 Å². The number of ketones is 1. The quantitative estimate of drug-likeness (QED) is 0.474. The largest absolute Gasteiger partial charge is 0.369 e. The van der Waals surface area contributed by atoms with Gasteiger partial charge in [-0.15, -0.1) is 0 Å². The summed E-state index contributed by atoms with van der Waals surface area (Å²) < 4.78 is 0. The lowest BCUT2D eigenvalue weighted by molar-refractivity contribution is -0.143. The molecule has 41 heavy (non-hydrogen) atoms.